The van der Waals surface area contributed by atoms with Gasteiger partial charge in [0.15, 0.2) is 11.5 Å². The second-order valence-electron chi connectivity index (χ2n) is 6.03. The fourth-order valence-corrected chi connectivity index (χ4v) is 3.70. The van der Waals surface area contributed by atoms with Gasteiger partial charge in [0.25, 0.3) is 0 Å². The first kappa shape index (κ1) is 12.2. The SMILES string of the molecule is CN1CCc2cc3c(c4c2[C@@H]1N=Cc1ccccc1-4)OCO3. The van der Waals surface area contributed by atoms with E-state index in [-0.39, 0.29) is 6.17 Å². The molecule has 22 heavy (non-hydrogen) atoms. The number of fused-ring (bicyclic) bond motifs is 4. The molecule has 4 nitrogen and oxygen atoms in total. The molecular formula is C18H16N2O2. The van der Waals surface area contributed by atoms with Crippen molar-refractivity contribution in [1.29, 1.82) is 0 Å². The standard InChI is InChI=1S/C18H16N2O2/c1-20-7-6-11-8-14-17(22-10-21-14)16-13-5-3-2-4-12(13)9-19-18(20)15(11)16/h2-5,8-9,18H,6-7,10H2,1H3/t18-/m1/s1. The summed E-state index contributed by atoms with van der Waals surface area (Å²) in [6.45, 7) is 1.30. The van der Waals surface area contributed by atoms with Crippen LogP contribution in [0.3, 0.4) is 0 Å². The molecule has 3 aliphatic rings. The molecule has 3 aliphatic heterocycles. The Bertz CT molecular complexity index is 813. The van der Waals surface area contributed by atoms with Crippen molar-refractivity contribution in [2.45, 2.75) is 12.6 Å². The maximum Gasteiger partial charge on any atom is 0.231 e. The molecule has 110 valence electrons. The summed E-state index contributed by atoms with van der Waals surface area (Å²) >= 11 is 0. The highest BCUT2D eigenvalue weighted by Crippen LogP contribution is 2.51. The fourth-order valence-electron chi connectivity index (χ4n) is 3.70. The average Bonchev–Trinajstić information content (AvgIpc) is 2.93. The van der Waals surface area contributed by atoms with E-state index < -0.39 is 0 Å². The monoisotopic (exact) mass is 292 g/mol. The van der Waals surface area contributed by atoms with Crippen LogP contribution in [0.4, 0.5) is 0 Å². The Labute approximate surface area is 129 Å². The quantitative estimate of drug-likeness (QED) is 0.748. The maximum atomic E-state index is 5.82. The van der Waals surface area contributed by atoms with E-state index in [2.05, 4.69) is 42.3 Å². The first-order valence-corrected chi connectivity index (χ1v) is 7.61. The first-order valence-electron chi connectivity index (χ1n) is 7.61. The summed E-state index contributed by atoms with van der Waals surface area (Å²) in [5.74, 6) is 1.74. The highest BCUT2D eigenvalue weighted by atomic mass is 16.7. The van der Waals surface area contributed by atoms with Crippen molar-refractivity contribution in [2.24, 2.45) is 4.99 Å². The van der Waals surface area contributed by atoms with Gasteiger partial charge in [0.05, 0.1) is 0 Å². The van der Waals surface area contributed by atoms with Crippen LogP contribution < -0.4 is 9.47 Å². The molecule has 0 fully saturated rings. The molecule has 2 aromatic rings. The van der Waals surface area contributed by atoms with Gasteiger partial charge in [0, 0.05) is 29.4 Å². The van der Waals surface area contributed by atoms with Crippen LogP contribution in [0.2, 0.25) is 0 Å². The van der Waals surface area contributed by atoms with E-state index in [9.17, 15) is 0 Å². The molecule has 0 saturated carbocycles. The van der Waals surface area contributed by atoms with Crippen LogP contribution in [0.15, 0.2) is 35.3 Å². The molecule has 5 rings (SSSR count). The Hall–Kier alpha value is -2.33. The summed E-state index contributed by atoms with van der Waals surface area (Å²) in [5, 5.41) is 0. The molecule has 0 amide bonds. The van der Waals surface area contributed by atoms with E-state index in [0.717, 1.165) is 35.6 Å². The number of hydrogen-bond donors (Lipinski definition) is 0. The number of likely N-dealkylation sites (N-methyl/N-ethyl adjacent to an activating group) is 1. The predicted octanol–water partition coefficient (Wildman–Crippen LogP) is 3.00. The summed E-state index contributed by atoms with van der Waals surface area (Å²) in [4.78, 5) is 7.15. The van der Waals surface area contributed by atoms with Gasteiger partial charge in [0.1, 0.15) is 6.17 Å². The molecule has 0 aromatic heterocycles. The van der Waals surface area contributed by atoms with Crippen molar-refractivity contribution in [2.75, 3.05) is 20.4 Å². The molecule has 1 atom stereocenters. The molecule has 2 aromatic carbocycles. The van der Waals surface area contributed by atoms with Crippen molar-refractivity contribution >= 4 is 6.21 Å². The van der Waals surface area contributed by atoms with Gasteiger partial charge >= 0.3 is 0 Å². The zero-order chi connectivity index (χ0) is 14.7. The minimum atomic E-state index is 0.0562. The van der Waals surface area contributed by atoms with Gasteiger partial charge in [-0.25, -0.2) is 0 Å². The molecule has 3 heterocycles. The number of aliphatic imine (C=N–C) groups is 1. The largest absolute Gasteiger partial charge is 0.454 e. The first-order chi connectivity index (χ1) is 10.8. The lowest BCUT2D eigenvalue weighted by Gasteiger charge is -2.33. The number of ether oxygens (including phenoxy) is 2. The molecule has 0 spiro atoms. The van der Waals surface area contributed by atoms with E-state index in [1.54, 1.807) is 0 Å². The highest BCUT2D eigenvalue weighted by Gasteiger charge is 2.34. The lowest BCUT2D eigenvalue weighted by Crippen LogP contribution is -2.31. The number of rotatable bonds is 0. The summed E-state index contributed by atoms with van der Waals surface area (Å²) in [6.07, 6.45) is 3.07. The number of nitrogens with zero attached hydrogens (tertiary/aromatic N) is 2. The van der Waals surface area contributed by atoms with Gasteiger partial charge in [0.2, 0.25) is 6.79 Å². The van der Waals surface area contributed by atoms with Gasteiger partial charge in [-0.3, -0.25) is 9.89 Å². The maximum absolute atomic E-state index is 5.82. The summed E-state index contributed by atoms with van der Waals surface area (Å²) in [5.41, 5.74) is 6.09. The van der Waals surface area contributed by atoms with Crippen molar-refractivity contribution in [1.82, 2.24) is 4.90 Å². The third kappa shape index (κ3) is 1.53. The molecule has 0 saturated heterocycles. The van der Waals surface area contributed by atoms with Crippen molar-refractivity contribution < 1.29 is 9.47 Å². The molecule has 0 N–H and O–H groups in total. The van der Waals surface area contributed by atoms with Crippen LogP contribution in [0.25, 0.3) is 11.1 Å². The van der Waals surface area contributed by atoms with Crippen LogP contribution >= 0.6 is 0 Å². The van der Waals surface area contributed by atoms with Crippen LogP contribution in [-0.4, -0.2) is 31.5 Å². The molecule has 4 heteroatoms. The van der Waals surface area contributed by atoms with Crippen LogP contribution in [-0.2, 0) is 6.42 Å². The zero-order valence-corrected chi connectivity index (χ0v) is 12.4. The van der Waals surface area contributed by atoms with Crippen LogP contribution in [0.5, 0.6) is 11.5 Å². The lowest BCUT2D eigenvalue weighted by molar-refractivity contribution is 0.174. The Morgan fingerprint density at radius 1 is 1.23 bits per heavy atom. The van der Waals surface area contributed by atoms with Crippen molar-refractivity contribution in [3.8, 4) is 22.6 Å². The van der Waals surface area contributed by atoms with Crippen LogP contribution in [0.1, 0.15) is 22.9 Å². The normalized spacial score (nSPS) is 21.2. The highest BCUT2D eigenvalue weighted by molar-refractivity contribution is 5.95. The smallest absolute Gasteiger partial charge is 0.231 e. The summed E-state index contributed by atoms with van der Waals surface area (Å²) < 4.78 is 11.5. The third-order valence-electron chi connectivity index (χ3n) is 4.78. The second-order valence-corrected chi connectivity index (χ2v) is 6.03. The topological polar surface area (TPSA) is 34.1 Å². The number of hydrogen-bond acceptors (Lipinski definition) is 4. The van der Waals surface area contributed by atoms with E-state index >= 15 is 0 Å². The van der Waals surface area contributed by atoms with Crippen molar-refractivity contribution in [3.05, 3.63) is 47.0 Å². The Morgan fingerprint density at radius 3 is 3.09 bits per heavy atom. The Morgan fingerprint density at radius 2 is 2.14 bits per heavy atom. The van der Waals surface area contributed by atoms with E-state index in [4.69, 9.17) is 14.5 Å². The molecule has 0 unspecified atom stereocenters. The van der Waals surface area contributed by atoms with Gasteiger partial charge in [-0.2, -0.15) is 0 Å². The summed E-state index contributed by atoms with van der Waals surface area (Å²) in [7, 11) is 2.13. The fraction of sp³-hybridized carbons (Fsp3) is 0.278. The minimum absolute atomic E-state index is 0.0562. The third-order valence-corrected chi connectivity index (χ3v) is 4.78. The summed E-state index contributed by atoms with van der Waals surface area (Å²) in [6, 6.07) is 10.5. The van der Waals surface area contributed by atoms with Gasteiger partial charge in [-0.1, -0.05) is 24.3 Å². The Balaban J connectivity index is 1.91. The average molecular weight is 292 g/mol. The number of benzene rings is 2. The second kappa shape index (κ2) is 4.34. The van der Waals surface area contributed by atoms with Gasteiger partial charge < -0.3 is 9.47 Å². The van der Waals surface area contributed by atoms with Gasteiger partial charge in [-0.15, -0.1) is 0 Å². The van der Waals surface area contributed by atoms with Gasteiger partial charge in [-0.05, 0) is 30.7 Å². The van der Waals surface area contributed by atoms with Crippen LogP contribution in [0, 0.1) is 0 Å². The van der Waals surface area contributed by atoms with E-state index in [1.807, 2.05) is 6.21 Å². The van der Waals surface area contributed by atoms with Crippen molar-refractivity contribution in [3.63, 3.8) is 0 Å². The molecule has 0 radical (unpaired) electrons. The molecular weight excluding hydrogens is 276 g/mol. The Kier molecular flexibility index (Phi) is 2.41. The predicted molar refractivity (Wildman–Crippen MR) is 84.7 cm³/mol. The minimum Gasteiger partial charge on any atom is -0.454 e. The van der Waals surface area contributed by atoms with E-state index in [1.165, 1.54) is 16.7 Å². The molecule has 0 bridgehead atoms. The van der Waals surface area contributed by atoms with E-state index in [0.29, 0.717) is 6.79 Å². The molecule has 0 aliphatic carbocycles. The zero-order valence-electron chi connectivity index (χ0n) is 12.4. The lowest BCUT2D eigenvalue weighted by atomic mass is 9.87.